The standard InChI is InChI=1S/C23H27N7O4S/c1-11(2)16(10-31)27-22(33)18-6-5-17(35-18)14-8-19(25-13-3-4-13)30-20(26-14)12(9-24-30)7-15-21(32)29-23(34)28-15/h6-9,11,13,16-17,25,31H,3-5,10H2,1-2H3,(H,27,33)(H2,28,29,32,34)/b15-7-/t16-,17?/m0/s1. The van der Waals surface area contributed by atoms with Crippen molar-refractivity contribution >= 4 is 47.1 Å². The molecule has 0 aromatic carbocycles. The van der Waals surface area contributed by atoms with Crippen LogP contribution in [-0.2, 0) is 9.59 Å². The van der Waals surface area contributed by atoms with Crippen LogP contribution in [0.25, 0.3) is 11.7 Å². The Bertz CT molecular complexity index is 1260. The van der Waals surface area contributed by atoms with E-state index < -0.39 is 11.9 Å². The van der Waals surface area contributed by atoms with Crippen LogP contribution in [-0.4, -0.2) is 56.2 Å². The molecule has 1 saturated heterocycles. The van der Waals surface area contributed by atoms with Gasteiger partial charge in [0, 0.05) is 17.7 Å². The van der Waals surface area contributed by atoms with Crippen molar-refractivity contribution in [2.45, 2.75) is 50.4 Å². The van der Waals surface area contributed by atoms with E-state index in [1.165, 1.54) is 11.8 Å². The Hall–Kier alpha value is -3.38. The van der Waals surface area contributed by atoms with Gasteiger partial charge in [-0.1, -0.05) is 19.9 Å². The average molecular weight is 498 g/mol. The van der Waals surface area contributed by atoms with E-state index in [1.807, 2.05) is 26.0 Å². The zero-order valence-corrected chi connectivity index (χ0v) is 20.2. The highest BCUT2D eigenvalue weighted by molar-refractivity contribution is 8.04. The highest BCUT2D eigenvalue weighted by Gasteiger charge is 2.30. The molecule has 3 aliphatic rings. The summed E-state index contributed by atoms with van der Waals surface area (Å²) in [5.74, 6) is 0.208. The molecular formula is C23H27N7O4S. The van der Waals surface area contributed by atoms with E-state index in [4.69, 9.17) is 4.98 Å². The number of carbonyl (C=O) groups excluding carboxylic acids is 3. The Morgan fingerprint density at radius 2 is 2.14 bits per heavy atom. The van der Waals surface area contributed by atoms with Crippen LogP contribution in [0.1, 0.15) is 49.6 Å². The monoisotopic (exact) mass is 497 g/mol. The minimum atomic E-state index is -0.567. The number of fused-ring (bicyclic) bond motifs is 1. The number of rotatable bonds is 8. The Balaban J connectivity index is 1.42. The van der Waals surface area contributed by atoms with Gasteiger partial charge in [0.05, 0.1) is 34.7 Å². The molecule has 4 amide bonds. The molecule has 5 N–H and O–H groups in total. The summed E-state index contributed by atoms with van der Waals surface area (Å²) in [7, 11) is 0. The van der Waals surface area contributed by atoms with Crippen molar-refractivity contribution in [3.8, 4) is 0 Å². The minimum Gasteiger partial charge on any atom is -0.394 e. The number of carbonyl (C=O) groups is 3. The lowest BCUT2D eigenvalue weighted by molar-refractivity contribution is -0.118. The van der Waals surface area contributed by atoms with Gasteiger partial charge in [-0.2, -0.15) is 9.61 Å². The second-order valence-corrected chi connectivity index (χ2v) is 10.4. The first kappa shape index (κ1) is 23.4. The zero-order valence-electron chi connectivity index (χ0n) is 19.4. The molecule has 12 heteroatoms. The lowest BCUT2D eigenvalue weighted by Gasteiger charge is -2.20. The predicted octanol–water partition coefficient (Wildman–Crippen LogP) is 1.68. The number of thioether (sulfide) groups is 1. The smallest absolute Gasteiger partial charge is 0.326 e. The molecule has 5 rings (SSSR count). The third kappa shape index (κ3) is 4.89. The average Bonchev–Trinajstić information content (AvgIpc) is 3.19. The van der Waals surface area contributed by atoms with Gasteiger partial charge in [0.25, 0.3) is 11.8 Å². The molecule has 184 valence electrons. The molecule has 2 aromatic rings. The van der Waals surface area contributed by atoms with Crippen molar-refractivity contribution in [1.29, 1.82) is 0 Å². The van der Waals surface area contributed by atoms with E-state index in [9.17, 15) is 19.5 Å². The van der Waals surface area contributed by atoms with Gasteiger partial charge in [0.15, 0.2) is 5.65 Å². The number of allylic oxidation sites excluding steroid dienone is 1. The van der Waals surface area contributed by atoms with E-state index in [2.05, 4.69) is 26.4 Å². The van der Waals surface area contributed by atoms with Gasteiger partial charge in [-0.05, 0) is 31.3 Å². The van der Waals surface area contributed by atoms with Crippen molar-refractivity contribution in [3.05, 3.63) is 40.2 Å². The molecular weight excluding hydrogens is 470 g/mol. The lowest BCUT2D eigenvalue weighted by atomic mass is 10.1. The molecule has 1 unspecified atom stereocenters. The van der Waals surface area contributed by atoms with Crippen LogP contribution in [0.3, 0.4) is 0 Å². The molecule has 4 heterocycles. The molecule has 0 bridgehead atoms. The largest absolute Gasteiger partial charge is 0.394 e. The number of nitrogens with zero attached hydrogens (tertiary/aromatic N) is 3. The van der Waals surface area contributed by atoms with Crippen molar-refractivity contribution in [3.63, 3.8) is 0 Å². The van der Waals surface area contributed by atoms with Crippen molar-refractivity contribution < 1.29 is 19.5 Å². The number of hydrogen-bond donors (Lipinski definition) is 5. The third-order valence-corrected chi connectivity index (χ3v) is 7.45. The molecule has 2 fully saturated rings. The Morgan fingerprint density at radius 3 is 2.80 bits per heavy atom. The summed E-state index contributed by atoms with van der Waals surface area (Å²) in [5.41, 5.74) is 2.06. The van der Waals surface area contributed by atoms with E-state index in [-0.39, 0.29) is 35.4 Å². The first-order valence-corrected chi connectivity index (χ1v) is 12.5. The van der Waals surface area contributed by atoms with Gasteiger partial charge in [-0.15, -0.1) is 11.8 Å². The highest BCUT2D eigenvalue weighted by atomic mass is 32.2. The van der Waals surface area contributed by atoms with Crippen LogP contribution in [0.2, 0.25) is 0 Å². The topological polar surface area (TPSA) is 150 Å². The molecule has 0 spiro atoms. The summed E-state index contributed by atoms with van der Waals surface area (Å²) in [5, 5.41) is 25.0. The molecule has 2 aliphatic heterocycles. The summed E-state index contributed by atoms with van der Waals surface area (Å²) in [6.07, 6.45) is 7.85. The highest BCUT2D eigenvalue weighted by Crippen LogP contribution is 2.44. The number of amides is 4. The molecule has 2 atom stereocenters. The van der Waals surface area contributed by atoms with Gasteiger partial charge in [-0.3, -0.25) is 14.9 Å². The number of aliphatic hydroxyl groups is 1. The molecule has 1 aliphatic carbocycles. The first-order valence-electron chi connectivity index (χ1n) is 11.6. The number of aromatic nitrogens is 3. The maximum atomic E-state index is 12.8. The number of imide groups is 1. The molecule has 11 nitrogen and oxygen atoms in total. The summed E-state index contributed by atoms with van der Waals surface area (Å²) < 4.78 is 1.69. The van der Waals surface area contributed by atoms with E-state index >= 15 is 0 Å². The maximum absolute atomic E-state index is 12.8. The quantitative estimate of drug-likeness (QED) is 0.273. The van der Waals surface area contributed by atoms with Crippen molar-refractivity contribution in [2.75, 3.05) is 11.9 Å². The molecule has 35 heavy (non-hydrogen) atoms. The second kappa shape index (κ2) is 9.34. The lowest BCUT2D eigenvalue weighted by Crippen LogP contribution is -2.41. The number of nitrogens with one attached hydrogen (secondary N) is 4. The first-order chi connectivity index (χ1) is 16.8. The van der Waals surface area contributed by atoms with Gasteiger partial charge in [-0.25, -0.2) is 9.78 Å². The Kier molecular flexibility index (Phi) is 6.24. The fourth-order valence-electron chi connectivity index (χ4n) is 3.90. The van der Waals surface area contributed by atoms with E-state index in [1.54, 1.807) is 16.8 Å². The summed E-state index contributed by atoms with van der Waals surface area (Å²) in [6.45, 7) is 3.79. The van der Waals surface area contributed by atoms with Gasteiger partial charge >= 0.3 is 6.03 Å². The summed E-state index contributed by atoms with van der Waals surface area (Å²) in [6, 6.07) is 1.46. The van der Waals surface area contributed by atoms with Crippen molar-refractivity contribution in [1.82, 2.24) is 30.5 Å². The van der Waals surface area contributed by atoms with Gasteiger partial charge in [0.1, 0.15) is 11.5 Å². The van der Waals surface area contributed by atoms with Crippen LogP contribution in [0.15, 0.2) is 28.9 Å². The van der Waals surface area contributed by atoms with E-state index in [0.717, 1.165) is 24.4 Å². The second-order valence-electron chi connectivity index (χ2n) is 9.20. The predicted molar refractivity (Wildman–Crippen MR) is 131 cm³/mol. The van der Waals surface area contributed by atoms with Crippen LogP contribution in [0.4, 0.5) is 10.6 Å². The fourth-order valence-corrected chi connectivity index (χ4v) is 5.00. The SMILES string of the molecule is CC(C)[C@H](CO)NC(=O)C1=CCC(c2cc(NC3CC3)n3ncc(/C=C4\NC(=O)NC4=O)c3n2)S1. The Morgan fingerprint density at radius 1 is 1.34 bits per heavy atom. The van der Waals surface area contributed by atoms with E-state index in [0.29, 0.717) is 28.6 Å². The fraction of sp³-hybridized carbons (Fsp3) is 0.435. The van der Waals surface area contributed by atoms with Crippen LogP contribution in [0.5, 0.6) is 0 Å². The molecule has 2 aromatic heterocycles. The minimum absolute atomic E-state index is 0.0722. The Labute approximate surface area is 205 Å². The molecule has 0 radical (unpaired) electrons. The third-order valence-electron chi connectivity index (χ3n) is 6.13. The number of anilines is 1. The summed E-state index contributed by atoms with van der Waals surface area (Å²) in [4.78, 5) is 41.7. The zero-order chi connectivity index (χ0) is 24.7. The molecule has 1 saturated carbocycles. The number of urea groups is 1. The summed E-state index contributed by atoms with van der Waals surface area (Å²) >= 11 is 1.44. The van der Waals surface area contributed by atoms with Gasteiger partial charge in [0.2, 0.25) is 0 Å². The van der Waals surface area contributed by atoms with Crippen LogP contribution >= 0.6 is 11.8 Å². The van der Waals surface area contributed by atoms with Crippen LogP contribution in [0, 0.1) is 5.92 Å². The van der Waals surface area contributed by atoms with Crippen molar-refractivity contribution in [2.24, 2.45) is 5.92 Å². The van der Waals surface area contributed by atoms with Crippen LogP contribution < -0.4 is 21.3 Å². The normalized spacial score (nSPS) is 21.9. The van der Waals surface area contributed by atoms with Gasteiger partial charge < -0.3 is 21.1 Å². The number of aliphatic hydroxyl groups excluding tert-OH is 1. The maximum Gasteiger partial charge on any atom is 0.326 e. The number of hydrogen-bond acceptors (Lipinski definition) is 8.